The summed E-state index contributed by atoms with van der Waals surface area (Å²) in [4.78, 5) is 12.5. The first-order chi connectivity index (χ1) is 35.7. The Morgan fingerprint density at radius 2 is 0.639 bits per heavy atom. The van der Waals surface area contributed by atoms with Gasteiger partial charge in [-0.05, 0) is 106 Å². The highest BCUT2D eigenvalue weighted by Gasteiger charge is 2.18. The van der Waals surface area contributed by atoms with Crippen LogP contribution in [0.4, 0.5) is 0 Å². The number of hydrogen-bond donors (Lipinski definition) is 0. The molecule has 8 heterocycles. The van der Waals surface area contributed by atoms with E-state index < -0.39 is 0 Å². The Balaban J connectivity index is 0.856. The standard InChI is InChI=1S/C56H54O10S6/c1-3-51(67-33-1)55-41(9-5-39-7-11-43-45(35-39)65-31-27-61-23-19-57-17-21-59-25-29-63-43)37-53(71-55)49-15-13-47(69-49)48-14-16-50(70-48)54-38-42(56(72-54)52-4-2-34-68-52)10-6-40-8-12-44-46(36-40)66-32-28-62-24-20-58-18-22-60-26-30-64-44/h1-16,33-38H,17-32H2/b9-5+,10-6+. The third-order valence-corrected chi connectivity index (χ3v) is 18.4. The molecule has 0 bridgehead atoms. The smallest absolute Gasteiger partial charge is 0.161 e. The zero-order valence-electron chi connectivity index (χ0n) is 39.5. The second kappa shape index (κ2) is 26.3. The summed E-state index contributed by atoms with van der Waals surface area (Å²) in [6.07, 6.45) is 8.72. The summed E-state index contributed by atoms with van der Waals surface area (Å²) in [5.74, 6) is 2.73. The molecule has 8 aromatic rings. The summed E-state index contributed by atoms with van der Waals surface area (Å²) in [7, 11) is 0. The fourth-order valence-corrected chi connectivity index (χ4v) is 14.0. The molecule has 0 saturated heterocycles. The van der Waals surface area contributed by atoms with Gasteiger partial charge in [-0.15, -0.1) is 68.0 Å². The van der Waals surface area contributed by atoms with E-state index in [1.54, 1.807) is 22.7 Å². The molecule has 0 fully saturated rings. The summed E-state index contributed by atoms with van der Waals surface area (Å²) in [6, 6.07) is 34.5. The van der Waals surface area contributed by atoms with Gasteiger partial charge in [0, 0.05) is 39.0 Å². The van der Waals surface area contributed by atoms with Crippen LogP contribution in [0, 0.1) is 0 Å². The molecule has 2 aromatic carbocycles. The van der Waals surface area contributed by atoms with E-state index in [2.05, 4.69) is 108 Å². The summed E-state index contributed by atoms with van der Waals surface area (Å²) >= 11 is 10.9. The number of benzene rings is 2. The van der Waals surface area contributed by atoms with E-state index in [0.717, 1.165) is 11.1 Å². The van der Waals surface area contributed by atoms with E-state index in [1.807, 2.05) is 69.6 Å². The summed E-state index contributed by atoms with van der Waals surface area (Å²) in [5, 5.41) is 4.28. The first-order valence-electron chi connectivity index (χ1n) is 23.9. The van der Waals surface area contributed by atoms with Crippen LogP contribution in [0.15, 0.2) is 108 Å². The Morgan fingerprint density at radius 3 is 1.00 bits per heavy atom. The van der Waals surface area contributed by atoms with Gasteiger partial charge in [0.05, 0.1) is 89.0 Å². The Hall–Kier alpha value is -4.92. The van der Waals surface area contributed by atoms with Crippen molar-refractivity contribution < 1.29 is 47.4 Å². The van der Waals surface area contributed by atoms with Crippen molar-refractivity contribution in [3.63, 3.8) is 0 Å². The Labute approximate surface area is 444 Å². The fraction of sp³-hybridized carbons (Fsp3) is 0.286. The molecule has 16 heteroatoms. The molecule has 0 unspecified atom stereocenters. The molecule has 2 aliphatic heterocycles. The topological polar surface area (TPSA) is 92.3 Å². The first-order valence-corrected chi connectivity index (χ1v) is 28.9. The van der Waals surface area contributed by atoms with Gasteiger partial charge in [-0.2, -0.15) is 0 Å². The average Bonchev–Trinajstić information content (AvgIpc) is 4.26. The molecular weight excluding hydrogens is 1030 g/mol. The molecule has 0 N–H and O–H groups in total. The van der Waals surface area contributed by atoms with Crippen LogP contribution < -0.4 is 18.9 Å². The maximum absolute atomic E-state index is 6.17. The molecular formula is C56H54O10S6. The predicted octanol–water partition coefficient (Wildman–Crippen LogP) is 14.4. The van der Waals surface area contributed by atoms with Crippen molar-refractivity contribution in [2.75, 3.05) is 106 Å². The minimum absolute atomic E-state index is 0.409. The Bertz CT molecular complexity index is 2780. The van der Waals surface area contributed by atoms with Crippen molar-refractivity contribution in [2.45, 2.75) is 0 Å². The number of fused-ring (bicyclic) bond motifs is 2. The zero-order chi connectivity index (χ0) is 48.6. The lowest BCUT2D eigenvalue weighted by Gasteiger charge is -2.13. The van der Waals surface area contributed by atoms with Crippen molar-refractivity contribution in [2.24, 2.45) is 0 Å². The Morgan fingerprint density at radius 1 is 0.292 bits per heavy atom. The van der Waals surface area contributed by atoms with Crippen molar-refractivity contribution >= 4 is 92.3 Å². The van der Waals surface area contributed by atoms with Gasteiger partial charge in [-0.3, -0.25) is 0 Å². The van der Waals surface area contributed by atoms with Crippen molar-refractivity contribution in [3.05, 3.63) is 130 Å². The molecule has 10 nitrogen and oxygen atoms in total. The highest BCUT2D eigenvalue weighted by molar-refractivity contribution is 7.30. The van der Waals surface area contributed by atoms with E-state index in [1.165, 1.54) is 59.9 Å². The predicted molar refractivity (Wildman–Crippen MR) is 299 cm³/mol. The van der Waals surface area contributed by atoms with Crippen LogP contribution in [0.25, 0.3) is 73.1 Å². The number of ether oxygens (including phenoxy) is 10. The SMILES string of the molecule is C(=C\c1cc(-c2ccc(-c3ccc(-c4cc(/C=C/c5ccc6c(c5)OCCOCCOCCOCCO6)c(-c5cccs5)s4)s3)s2)sc1-c1cccs1)/c1ccc2c(c1)OCCOCCOCCOCCO2. The van der Waals surface area contributed by atoms with Crippen LogP contribution in [0.1, 0.15) is 22.3 Å². The molecule has 0 spiro atoms. The van der Waals surface area contributed by atoms with E-state index in [-0.39, 0.29) is 0 Å². The van der Waals surface area contributed by atoms with Crippen LogP contribution >= 0.6 is 68.0 Å². The van der Waals surface area contributed by atoms with Crippen molar-refractivity contribution in [1.82, 2.24) is 0 Å². The van der Waals surface area contributed by atoms with Crippen LogP contribution in [0.2, 0.25) is 0 Å². The zero-order valence-corrected chi connectivity index (χ0v) is 44.4. The number of hydrogen-bond acceptors (Lipinski definition) is 16. The summed E-state index contributed by atoms with van der Waals surface area (Å²) in [5.41, 5.74) is 4.38. The summed E-state index contributed by atoms with van der Waals surface area (Å²) in [6.45, 7) is 7.70. The lowest BCUT2D eigenvalue weighted by molar-refractivity contribution is 0.00708. The van der Waals surface area contributed by atoms with E-state index in [4.69, 9.17) is 47.4 Å². The van der Waals surface area contributed by atoms with E-state index in [9.17, 15) is 0 Å². The van der Waals surface area contributed by atoms with Gasteiger partial charge in [-0.1, -0.05) is 48.6 Å². The molecule has 6 aromatic heterocycles. The van der Waals surface area contributed by atoms with E-state index in [0.29, 0.717) is 129 Å². The molecule has 0 radical (unpaired) electrons. The largest absolute Gasteiger partial charge is 0.487 e. The first kappa shape index (κ1) is 50.6. The third kappa shape index (κ3) is 13.8. The third-order valence-electron chi connectivity index (χ3n) is 11.2. The minimum atomic E-state index is 0.409. The summed E-state index contributed by atoms with van der Waals surface area (Å²) < 4.78 is 58.3. The lowest BCUT2D eigenvalue weighted by atomic mass is 10.1. The van der Waals surface area contributed by atoms with Gasteiger partial charge in [0.2, 0.25) is 0 Å². The number of thiophene rings is 6. The molecule has 72 heavy (non-hydrogen) atoms. The number of rotatable bonds is 9. The minimum Gasteiger partial charge on any atom is -0.487 e. The molecule has 0 atom stereocenters. The normalized spacial score (nSPS) is 16.3. The molecule has 0 saturated carbocycles. The monoisotopic (exact) mass is 1080 g/mol. The second-order valence-corrected chi connectivity index (χ2v) is 22.4. The van der Waals surface area contributed by atoms with Crippen molar-refractivity contribution in [1.29, 1.82) is 0 Å². The Kier molecular flexibility index (Phi) is 18.5. The molecule has 374 valence electrons. The van der Waals surface area contributed by atoms with Gasteiger partial charge in [-0.25, -0.2) is 0 Å². The van der Waals surface area contributed by atoms with Gasteiger partial charge < -0.3 is 47.4 Å². The van der Waals surface area contributed by atoms with Gasteiger partial charge >= 0.3 is 0 Å². The second-order valence-electron chi connectivity index (χ2n) is 16.2. The van der Waals surface area contributed by atoms with Crippen molar-refractivity contribution in [3.8, 4) is 71.8 Å². The van der Waals surface area contributed by atoms with Gasteiger partial charge in [0.15, 0.2) is 23.0 Å². The molecule has 2 aliphatic rings. The van der Waals surface area contributed by atoms with Gasteiger partial charge in [0.1, 0.15) is 26.4 Å². The fourth-order valence-electron chi connectivity index (χ4n) is 7.73. The van der Waals surface area contributed by atoms with Crippen LogP contribution in [0.5, 0.6) is 23.0 Å². The maximum Gasteiger partial charge on any atom is 0.161 e. The van der Waals surface area contributed by atoms with E-state index >= 15 is 0 Å². The molecule has 10 rings (SSSR count). The quantitative estimate of drug-likeness (QED) is 0.139. The van der Waals surface area contributed by atoms with Crippen LogP contribution in [-0.4, -0.2) is 106 Å². The average molecular weight is 1080 g/mol. The lowest BCUT2D eigenvalue weighted by Crippen LogP contribution is -2.13. The van der Waals surface area contributed by atoms with Gasteiger partial charge in [0.25, 0.3) is 0 Å². The molecule has 0 aliphatic carbocycles. The van der Waals surface area contributed by atoms with Crippen LogP contribution in [0.3, 0.4) is 0 Å². The highest BCUT2D eigenvalue weighted by Crippen LogP contribution is 2.48. The maximum atomic E-state index is 6.17. The highest BCUT2D eigenvalue weighted by atomic mass is 32.1. The van der Waals surface area contributed by atoms with Crippen LogP contribution in [-0.2, 0) is 28.4 Å². The molecule has 0 amide bonds.